The number of para-hydroxylation sites is 1. The van der Waals surface area contributed by atoms with Crippen LogP contribution in [-0.4, -0.2) is 11.5 Å². The van der Waals surface area contributed by atoms with E-state index in [0.717, 1.165) is 17.7 Å². The van der Waals surface area contributed by atoms with Crippen LogP contribution in [0.25, 0.3) is 0 Å². The van der Waals surface area contributed by atoms with Gasteiger partial charge in [-0.25, -0.2) is 0 Å². The summed E-state index contributed by atoms with van der Waals surface area (Å²) in [6, 6.07) is 14.7. The van der Waals surface area contributed by atoms with E-state index in [2.05, 4.69) is 5.32 Å². The summed E-state index contributed by atoms with van der Waals surface area (Å²) in [4.78, 5) is 12.5. The first kappa shape index (κ1) is 14.9. The van der Waals surface area contributed by atoms with Crippen molar-refractivity contribution >= 4 is 17.5 Å². The highest BCUT2D eigenvalue weighted by molar-refractivity contribution is 6.30. The van der Waals surface area contributed by atoms with Crippen molar-refractivity contribution in [3.8, 4) is 5.75 Å². The summed E-state index contributed by atoms with van der Waals surface area (Å²) in [7, 11) is 0. The molecule has 0 fully saturated rings. The SMILES string of the molecule is CC1(C)CC(NC(=O)c2cccc(Cl)c2)c2ccccc2O1. The number of halogens is 1. The van der Waals surface area contributed by atoms with Crippen molar-refractivity contribution in [1.82, 2.24) is 5.32 Å². The highest BCUT2D eigenvalue weighted by atomic mass is 35.5. The first-order chi connectivity index (χ1) is 10.4. The molecule has 0 aromatic heterocycles. The molecule has 1 aliphatic rings. The van der Waals surface area contributed by atoms with Crippen LogP contribution in [0.5, 0.6) is 5.75 Å². The highest BCUT2D eigenvalue weighted by Gasteiger charge is 2.34. The van der Waals surface area contributed by atoms with Crippen LogP contribution in [0.3, 0.4) is 0 Å². The van der Waals surface area contributed by atoms with E-state index in [9.17, 15) is 4.79 Å². The third-order valence-electron chi connectivity index (χ3n) is 3.77. The number of hydrogen-bond acceptors (Lipinski definition) is 2. The quantitative estimate of drug-likeness (QED) is 0.893. The molecule has 0 aliphatic carbocycles. The topological polar surface area (TPSA) is 38.3 Å². The van der Waals surface area contributed by atoms with Crippen LogP contribution in [-0.2, 0) is 0 Å². The van der Waals surface area contributed by atoms with Crippen LogP contribution < -0.4 is 10.1 Å². The number of carbonyl (C=O) groups excluding carboxylic acids is 1. The Kier molecular flexibility index (Phi) is 3.83. The van der Waals surface area contributed by atoms with Crippen molar-refractivity contribution in [1.29, 1.82) is 0 Å². The van der Waals surface area contributed by atoms with E-state index in [1.165, 1.54) is 0 Å². The molecule has 3 nitrogen and oxygen atoms in total. The molecule has 22 heavy (non-hydrogen) atoms. The number of fused-ring (bicyclic) bond motifs is 1. The number of ether oxygens (including phenoxy) is 1. The van der Waals surface area contributed by atoms with Crippen molar-refractivity contribution in [2.75, 3.05) is 0 Å². The van der Waals surface area contributed by atoms with E-state index in [1.54, 1.807) is 24.3 Å². The normalized spacial score (nSPS) is 19.0. The zero-order valence-electron chi connectivity index (χ0n) is 12.6. The zero-order chi connectivity index (χ0) is 15.7. The van der Waals surface area contributed by atoms with E-state index in [-0.39, 0.29) is 17.6 Å². The van der Waals surface area contributed by atoms with Gasteiger partial charge in [-0.05, 0) is 38.1 Å². The third kappa shape index (κ3) is 3.09. The molecule has 0 radical (unpaired) electrons. The average Bonchev–Trinajstić information content (AvgIpc) is 2.46. The minimum Gasteiger partial charge on any atom is -0.487 e. The fraction of sp³-hybridized carbons (Fsp3) is 0.278. The Labute approximate surface area is 135 Å². The van der Waals surface area contributed by atoms with Gasteiger partial charge in [0.25, 0.3) is 5.91 Å². The molecule has 3 rings (SSSR count). The maximum absolute atomic E-state index is 12.5. The van der Waals surface area contributed by atoms with Crippen molar-refractivity contribution in [2.45, 2.75) is 31.9 Å². The summed E-state index contributed by atoms with van der Waals surface area (Å²) >= 11 is 5.96. The zero-order valence-corrected chi connectivity index (χ0v) is 13.4. The second-order valence-corrected chi connectivity index (χ2v) is 6.58. The lowest BCUT2D eigenvalue weighted by molar-refractivity contribution is 0.0620. The molecule has 0 bridgehead atoms. The molecule has 4 heteroatoms. The predicted molar refractivity (Wildman–Crippen MR) is 87.4 cm³/mol. The van der Waals surface area contributed by atoms with Crippen molar-refractivity contribution in [3.05, 3.63) is 64.7 Å². The lowest BCUT2D eigenvalue weighted by Crippen LogP contribution is -2.41. The maximum atomic E-state index is 12.5. The Hall–Kier alpha value is -2.00. The molecule has 0 spiro atoms. The fourth-order valence-electron chi connectivity index (χ4n) is 2.80. The molecule has 0 saturated heterocycles. The van der Waals surface area contributed by atoms with Gasteiger partial charge in [0, 0.05) is 22.6 Å². The number of nitrogens with one attached hydrogen (secondary N) is 1. The Morgan fingerprint density at radius 2 is 2.00 bits per heavy atom. The van der Waals surface area contributed by atoms with Gasteiger partial charge >= 0.3 is 0 Å². The summed E-state index contributed by atoms with van der Waals surface area (Å²) in [5.41, 5.74) is 1.26. The van der Waals surface area contributed by atoms with Gasteiger partial charge in [-0.15, -0.1) is 0 Å². The molecule has 2 aromatic carbocycles. The van der Waals surface area contributed by atoms with Crippen molar-refractivity contribution in [3.63, 3.8) is 0 Å². The Morgan fingerprint density at radius 3 is 2.77 bits per heavy atom. The molecule has 0 saturated carbocycles. The van der Waals surface area contributed by atoms with E-state index in [4.69, 9.17) is 16.3 Å². The monoisotopic (exact) mass is 315 g/mol. The minimum atomic E-state index is -0.319. The van der Waals surface area contributed by atoms with Gasteiger partial charge in [-0.2, -0.15) is 0 Å². The standard InChI is InChI=1S/C18H18ClNO2/c1-18(2)11-15(14-8-3-4-9-16(14)22-18)20-17(21)12-6-5-7-13(19)10-12/h3-10,15H,11H2,1-2H3,(H,20,21). The first-order valence-corrected chi connectivity index (χ1v) is 7.67. The highest BCUT2D eigenvalue weighted by Crippen LogP contribution is 2.39. The van der Waals surface area contributed by atoms with Gasteiger partial charge in [0.1, 0.15) is 11.4 Å². The second kappa shape index (κ2) is 5.65. The molecule has 1 atom stereocenters. The Bertz CT molecular complexity index is 712. The molecule has 1 aliphatic heterocycles. The van der Waals surface area contributed by atoms with Gasteiger partial charge in [0.2, 0.25) is 0 Å². The second-order valence-electron chi connectivity index (χ2n) is 6.14. The summed E-state index contributed by atoms with van der Waals surface area (Å²) < 4.78 is 5.98. The van der Waals surface area contributed by atoms with Crippen molar-refractivity contribution < 1.29 is 9.53 Å². The van der Waals surface area contributed by atoms with E-state index >= 15 is 0 Å². The fourth-order valence-corrected chi connectivity index (χ4v) is 2.99. The van der Waals surface area contributed by atoms with Crippen LogP contribution in [0.2, 0.25) is 5.02 Å². The summed E-state index contributed by atoms with van der Waals surface area (Å²) in [6.07, 6.45) is 0.719. The van der Waals surface area contributed by atoms with Crippen LogP contribution >= 0.6 is 11.6 Å². The molecular weight excluding hydrogens is 298 g/mol. The average molecular weight is 316 g/mol. The van der Waals surface area contributed by atoms with Crippen LogP contribution in [0.1, 0.15) is 42.2 Å². The van der Waals surface area contributed by atoms with E-state index < -0.39 is 0 Å². The van der Waals surface area contributed by atoms with Gasteiger partial charge in [-0.3, -0.25) is 4.79 Å². The number of amides is 1. The summed E-state index contributed by atoms with van der Waals surface area (Å²) in [6.45, 7) is 4.06. The molecule has 1 unspecified atom stereocenters. The molecule has 1 amide bonds. The third-order valence-corrected chi connectivity index (χ3v) is 4.00. The molecule has 114 valence electrons. The van der Waals surface area contributed by atoms with Gasteiger partial charge in [0.15, 0.2) is 0 Å². The van der Waals surface area contributed by atoms with E-state index in [0.29, 0.717) is 10.6 Å². The number of hydrogen-bond donors (Lipinski definition) is 1. The van der Waals surface area contributed by atoms with Crippen molar-refractivity contribution in [2.24, 2.45) is 0 Å². The molecular formula is C18H18ClNO2. The number of benzene rings is 2. The predicted octanol–water partition coefficient (Wildman–Crippen LogP) is 4.37. The van der Waals surface area contributed by atoms with Gasteiger partial charge in [-0.1, -0.05) is 35.9 Å². The Balaban J connectivity index is 1.87. The maximum Gasteiger partial charge on any atom is 0.251 e. The van der Waals surface area contributed by atoms with E-state index in [1.807, 2.05) is 38.1 Å². The number of carbonyl (C=O) groups is 1. The van der Waals surface area contributed by atoms with Crippen LogP contribution in [0, 0.1) is 0 Å². The molecule has 2 aromatic rings. The Morgan fingerprint density at radius 1 is 1.23 bits per heavy atom. The van der Waals surface area contributed by atoms with Crippen LogP contribution in [0.4, 0.5) is 0 Å². The summed E-state index contributed by atoms with van der Waals surface area (Å²) in [5.74, 6) is 0.704. The smallest absolute Gasteiger partial charge is 0.251 e. The van der Waals surface area contributed by atoms with Crippen LogP contribution in [0.15, 0.2) is 48.5 Å². The molecule has 1 heterocycles. The minimum absolute atomic E-state index is 0.0774. The van der Waals surface area contributed by atoms with Gasteiger partial charge < -0.3 is 10.1 Å². The largest absolute Gasteiger partial charge is 0.487 e. The lowest BCUT2D eigenvalue weighted by atomic mass is 9.89. The molecule has 1 N–H and O–H groups in total. The van der Waals surface area contributed by atoms with Gasteiger partial charge in [0.05, 0.1) is 6.04 Å². The summed E-state index contributed by atoms with van der Waals surface area (Å²) in [5, 5.41) is 3.65. The lowest BCUT2D eigenvalue weighted by Gasteiger charge is -2.37. The number of rotatable bonds is 2. The first-order valence-electron chi connectivity index (χ1n) is 7.29.